The molecule has 184 valence electrons. The van der Waals surface area contributed by atoms with E-state index in [-0.39, 0.29) is 63.0 Å². The van der Waals surface area contributed by atoms with Gasteiger partial charge < -0.3 is 14.9 Å². The molecule has 0 aromatic heterocycles. The monoisotopic (exact) mass is 467 g/mol. The minimum Gasteiger partial charge on any atom is -0.375 e. The van der Waals surface area contributed by atoms with Gasteiger partial charge in [-0.2, -0.15) is 0 Å². The molecule has 0 saturated carbocycles. The van der Waals surface area contributed by atoms with Crippen LogP contribution >= 0.6 is 0 Å². The molecular formula is C22H33N3O8. The number of carbonyl (C=O) groups excluding carboxylic acids is 6. The summed E-state index contributed by atoms with van der Waals surface area (Å²) in [6, 6.07) is 0. The van der Waals surface area contributed by atoms with Crippen LogP contribution in [0.3, 0.4) is 0 Å². The Balaban J connectivity index is 1.66. The van der Waals surface area contributed by atoms with E-state index in [1.165, 1.54) is 0 Å². The second kappa shape index (κ2) is 10.9. The summed E-state index contributed by atoms with van der Waals surface area (Å²) in [5.41, 5.74) is -1.56. The number of hydrogen-bond acceptors (Lipinski definition) is 8. The summed E-state index contributed by atoms with van der Waals surface area (Å²) in [5.74, 6) is -2.48. The van der Waals surface area contributed by atoms with Crippen LogP contribution in [-0.4, -0.2) is 70.8 Å². The van der Waals surface area contributed by atoms with Crippen molar-refractivity contribution in [1.82, 2.24) is 15.3 Å². The minimum atomic E-state index is -0.974. The number of hydroxylamine groups is 2. The molecule has 2 saturated heterocycles. The van der Waals surface area contributed by atoms with E-state index in [4.69, 9.17) is 9.57 Å². The Morgan fingerprint density at radius 3 is 2.00 bits per heavy atom. The Bertz CT molecular complexity index is 788. The topological polar surface area (TPSA) is 139 Å². The van der Waals surface area contributed by atoms with E-state index in [2.05, 4.69) is 5.32 Å². The average molecular weight is 468 g/mol. The number of rotatable bonds is 12. The molecule has 2 aliphatic heterocycles. The fourth-order valence-corrected chi connectivity index (χ4v) is 3.30. The Morgan fingerprint density at radius 1 is 0.879 bits per heavy atom. The molecule has 0 aromatic carbocycles. The molecule has 0 aromatic rings. The number of amides is 5. The van der Waals surface area contributed by atoms with E-state index in [0.717, 1.165) is 4.90 Å². The average Bonchev–Trinajstić information content (AvgIpc) is 3.21. The largest absolute Gasteiger partial charge is 0.375 e. The zero-order valence-corrected chi connectivity index (χ0v) is 19.7. The lowest BCUT2D eigenvalue weighted by Gasteiger charge is -2.29. The third-order valence-corrected chi connectivity index (χ3v) is 5.72. The third-order valence-electron chi connectivity index (χ3n) is 5.72. The molecule has 2 heterocycles. The zero-order valence-electron chi connectivity index (χ0n) is 19.7. The van der Waals surface area contributed by atoms with Crippen molar-refractivity contribution in [3.63, 3.8) is 0 Å². The van der Waals surface area contributed by atoms with Gasteiger partial charge >= 0.3 is 5.97 Å². The van der Waals surface area contributed by atoms with Crippen molar-refractivity contribution in [2.45, 2.75) is 78.2 Å². The molecule has 0 spiro atoms. The predicted octanol–water partition coefficient (Wildman–Crippen LogP) is 0.851. The van der Waals surface area contributed by atoms with Crippen LogP contribution in [0.2, 0.25) is 0 Å². The van der Waals surface area contributed by atoms with Gasteiger partial charge in [0.05, 0.1) is 11.0 Å². The van der Waals surface area contributed by atoms with Gasteiger partial charge in [0, 0.05) is 51.8 Å². The molecule has 0 atom stereocenters. The maximum absolute atomic E-state index is 12.4. The van der Waals surface area contributed by atoms with Gasteiger partial charge in [0.25, 0.3) is 11.8 Å². The Morgan fingerprint density at radius 2 is 1.42 bits per heavy atom. The highest BCUT2D eigenvalue weighted by Gasteiger charge is 2.38. The number of hydrogen-bond donors (Lipinski definition) is 1. The first-order chi connectivity index (χ1) is 15.3. The molecule has 0 bridgehead atoms. The second-order valence-electron chi connectivity index (χ2n) is 9.49. The highest BCUT2D eigenvalue weighted by Crippen LogP contribution is 2.26. The van der Waals surface area contributed by atoms with Crippen LogP contribution in [0.1, 0.15) is 72.6 Å². The molecule has 0 unspecified atom stereocenters. The number of nitrogens with one attached hydrogen (secondary N) is 1. The van der Waals surface area contributed by atoms with Gasteiger partial charge in [0.2, 0.25) is 17.7 Å². The molecule has 2 aliphatic rings. The molecule has 2 fully saturated rings. The minimum absolute atomic E-state index is 0.0366. The molecule has 11 heteroatoms. The normalized spacial score (nSPS) is 17.2. The van der Waals surface area contributed by atoms with E-state index in [1.54, 1.807) is 13.8 Å². The molecule has 0 aliphatic carbocycles. The number of ether oxygens (including phenoxy) is 1. The SMILES string of the molecule is CC(C)(CCNC(=O)CCN1C(=O)CCC1=O)OCCC(C)(C)C(=O)ON1C(=O)CCC1=O. The fraction of sp³-hybridized carbons (Fsp3) is 0.727. The van der Waals surface area contributed by atoms with Gasteiger partial charge in [-0.3, -0.25) is 28.9 Å². The molecule has 5 amide bonds. The highest BCUT2D eigenvalue weighted by molar-refractivity contribution is 6.02. The summed E-state index contributed by atoms with van der Waals surface area (Å²) in [6.45, 7) is 7.66. The van der Waals surface area contributed by atoms with Gasteiger partial charge in [-0.05, 0) is 40.5 Å². The van der Waals surface area contributed by atoms with Crippen molar-refractivity contribution in [2.24, 2.45) is 5.41 Å². The van der Waals surface area contributed by atoms with Crippen LogP contribution in [0, 0.1) is 5.41 Å². The third kappa shape index (κ3) is 7.62. The Labute approximate surface area is 193 Å². The van der Waals surface area contributed by atoms with Gasteiger partial charge in [0.15, 0.2) is 0 Å². The fourth-order valence-electron chi connectivity index (χ4n) is 3.30. The Hall–Kier alpha value is -2.82. The van der Waals surface area contributed by atoms with Crippen molar-refractivity contribution in [2.75, 3.05) is 19.7 Å². The van der Waals surface area contributed by atoms with Gasteiger partial charge in [-0.1, -0.05) is 0 Å². The summed E-state index contributed by atoms with van der Waals surface area (Å²) in [6.07, 6.45) is 1.34. The number of likely N-dealkylation sites (tertiary alicyclic amines) is 1. The van der Waals surface area contributed by atoms with E-state index in [1.807, 2.05) is 13.8 Å². The van der Waals surface area contributed by atoms with Crippen molar-refractivity contribution in [3.05, 3.63) is 0 Å². The van der Waals surface area contributed by atoms with Crippen molar-refractivity contribution >= 4 is 35.5 Å². The van der Waals surface area contributed by atoms with Crippen LogP contribution < -0.4 is 5.32 Å². The quantitative estimate of drug-likeness (QED) is 0.417. The van der Waals surface area contributed by atoms with Gasteiger partial charge in [0.1, 0.15) is 0 Å². The molecule has 2 rings (SSSR count). The maximum atomic E-state index is 12.4. The summed E-state index contributed by atoms with van der Waals surface area (Å²) in [5, 5.41) is 3.29. The molecule has 33 heavy (non-hydrogen) atoms. The predicted molar refractivity (Wildman–Crippen MR) is 114 cm³/mol. The van der Waals surface area contributed by atoms with Crippen LogP contribution in [0.4, 0.5) is 0 Å². The van der Waals surface area contributed by atoms with Crippen molar-refractivity contribution in [1.29, 1.82) is 0 Å². The standard InChI is InChI=1S/C22H33N3O8/c1-21(2,20(31)33-25-18(29)7-8-19(25)30)11-14-32-22(3,4)10-12-23-15(26)9-13-24-16(27)5-6-17(24)28/h5-14H2,1-4H3,(H,23,26). The van der Waals surface area contributed by atoms with Crippen LogP contribution in [0.15, 0.2) is 0 Å². The van der Waals surface area contributed by atoms with E-state index < -0.39 is 28.8 Å². The van der Waals surface area contributed by atoms with Crippen molar-refractivity contribution in [3.8, 4) is 0 Å². The zero-order chi connectivity index (χ0) is 24.8. The first-order valence-electron chi connectivity index (χ1n) is 11.1. The van der Waals surface area contributed by atoms with Crippen LogP contribution in [0.25, 0.3) is 0 Å². The maximum Gasteiger partial charge on any atom is 0.338 e. The van der Waals surface area contributed by atoms with Crippen molar-refractivity contribution < 1.29 is 38.3 Å². The second-order valence-corrected chi connectivity index (χ2v) is 9.49. The smallest absolute Gasteiger partial charge is 0.338 e. The summed E-state index contributed by atoms with van der Waals surface area (Å²) < 4.78 is 5.87. The summed E-state index contributed by atoms with van der Waals surface area (Å²) >= 11 is 0. The lowest BCUT2D eigenvalue weighted by atomic mass is 9.90. The first-order valence-corrected chi connectivity index (χ1v) is 11.1. The number of imide groups is 2. The van der Waals surface area contributed by atoms with E-state index in [9.17, 15) is 28.8 Å². The van der Waals surface area contributed by atoms with Crippen LogP contribution in [0.5, 0.6) is 0 Å². The van der Waals surface area contributed by atoms with E-state index >= 15 is 0 Å². The van der Waals surface area contributed by atoms with Gasteiger partial charge in [-0.15, -0.1) is 5.06 Å². The Kier molecular flexibility index (Phi) is 8.70. The van der Waals surface area contributed by atoms with E-state index in [0.29, 0.717) is 24.4 Å². The molecule has 11 nitrogen and oxygen atoms in total. The molecular weight excluding hydrogens is 434 g/mol. The summed E-state index contributed by atoms with van der Waals surface area (Å²) in [4.78, 5) is 76.9. The van der Waals surface area contributed by atoms with Crippen LogP contribution in [-0.2, 0) is 38.3 Å². The number of carbonyl (C=O) groups is 6. The van der Waals surface area contributed by atoms with Gasteiger partial charge in [-0.25, -0.2) is 4.79 Å². The molecule has 0 radical (unpaired) electrons. The first kappa shape index (κ1) is 26.4. The summed E-state index contributed by atoms with van der Waals surface area (Å²) in [7, 11) is 0. The lowest BCUT2D eigenvalue weighted by molar-refractivity contribution is -0.205. The molecule has 1 N–H and O–H groups in total. The number of nitrogens with zero attached hydrogens (tertiary/aromatic N) is 2. The lowest BCUT2D eigenvalue weighted by Crippen LogP contribution is -2.39. The highest BCUT2D eigenvalue weighted by atomic mass is 16.7.